The lowest BCUT2D eigenvalue weighted by molar-refractivity contribution is -0.118. The number of aryl methyl sites for hydroxylation is 2. The van der Waals surface area contributed by atoms with Crippen LogP contribution in [0.1, 0.15) is 11.1 Å². The van der Waals surface area contributed by atoms with E-state index in [4.69, 9.17) is 30.5 Å². The van der Waals surface area contributed by atoms with Crippen LogP contribution in [0, 0.1) is 13.8 Å². The number of aromatic amines is 1. The zero-order valence-corrected chi connectivity index (χ0v) is 24.1. The molecule has 1 aromatic heterocycles. The number of morpholine rings is 1. The molecule has 10 nitrogen and oxygen atoms in total. The average Bonchev–Trinajstić information content (AvgIpc) is 2.96. The fraction of sp³-hybridized carbons (Fsp3) is 0.300. The number of H-pyrrole nitrogens is 1. The van der Waals surface area contributed by atoms with Crippen LogP contribution < -0.4 is 30.0 Å². The van der Waals surface area contributed by atoms with Crippen molar-refractivity contribution in [3.8, 4) is 28.6 Å². The van der Waals surface area contributed by atoms with Gasteiger partial charge in [0.15, 0.2) is 6.61 Å². The molecule has 214 valence electrons. The lowest BCUT2D eigenvalue weighted by Crippen LogP contribution is -2.36. The normalized spacial score (nSPS) is 13.2. The number of methoxy groups -OCH3 is 2. The fourth-order valence-corrected chi connectivity index (χ4v) is 5.22. The molecule has 0 bridgehead atoms. The topological polar surface area (TPSA) is 115 Å². The van der Waals surface area contributed by atoms with Crippen LogP contribution in [-0.4, -0.2) is 63.0 Å². The Morgan fingerprint density at radius 3 is 2.46 bits per heavy atom. The summed E-state index contributed by atoms with van der Waals surface area (Å²) < 4.78 is 22.0. The highest BCUT2D eigenvalue weighted by atomic mass is 35.5. The molecule has 0 unspecified atom stereocenters. The predicted octanol–water partition coefficient (Wildman–Crippen LogP) is 4.73. The van der Waals surface area contributed by atoms with Gasteiger partial charge in [-0.1, -0.05) is 11.6 Å². The third kappa shape index (κ3) is 6.08. The Morgan fingerprint density at radius 2 is 1.80 bits per heavy atom. The Balaban J connectivity index is 1.30. The van der Waals surface area contributed by atoms with Crippen LogP contribution in [0.25, 0.3) is 22.3 Å². The van der Waals surface area contributed by atoms with Crippen molar-refractivity contribution >= 4 is 39.8 Å². The molecule has 0 saturated carbocycles. The van der Waals surface area contributed by atoms with Crippen molar-refractivity contribution < 1.29 is 23.7 Å². The van der Waals surface area contributed by atoms with Crippen molar-refractivity contribution in [2.75, 3.05) is 57.3 Å². The Kier molecular flexibility index (Phi) is 8.32. The van der Waals surface area contributed by atoms with Gasteiger partial charge in [-0.05, 0) is 55.3 Å². The third-order valence-corrected chi connectivity index (χ3v) is 7.17. The van der Waals surface area contributed by atoms with Gasteiger partial charge in [-0.3, -0.25) is 9.59 Å². The van der Waals surface area contributed by atoms with Gasteiger partial charge < -0.3 is 34.1 Å². The van der Waals surface area contributed by atoms with Gasteiger partial charge in [0.25, 0.3) is 11.5 Å². The summed E-state index contributed by atoms with van der Waals surface area (Å²) in [6, 6.07) is 12.5. The molecule has 4 aromatic rings. The minimum atomic E-state index is -0.324. The van der Waals surface area contributed by atoms with E-state index in [1.165, 1.54) is 14.2 Å². The van der Waals surface area contributed by atoms with E-state index in [9.17, 15) is 9.59 Å². The zero-order valence-electron chi connectivity index (χ0n) is 23.3. The van der Waals surface area contributed by atoms with E-state index in [1.54, 1.807) is 18.2 Å². The van der Waals surface area contributed by atoms with Gasteiger partial charge in [0, 0.05) is 36.5 Å². The first-order chi connectivity index (χ1) is 19.8. The Hall–Kier alpha value is -4.28. The highest BCUT2D eigenvalue weighted by Gasteiger charge is 2.17. The number of aromatic nitrogens is 2. The maximum Gasteiger partial charge on any atom is 0.262 e. The van der Waals surface area contributed by atoms with Gasteiger partial charge in [0.1, 0.15) is 28.5 Å². The Labute approximate surface area is 242 Å². The molecular formula is C30H31ClN4O6. The van der Waals surface area contributed by atoms with Gasteiger partial charge >= 0.3 is 0 Å². The second kappa shape index (κ2) is 12.1. The predicted molar refractivity (Wildman–Crippen MR) is 159 cm³/mol. The number of rotatable bonds is 8. The number of anilines is 2. The molecule has 1 aliphatic heterocycles. The van der Waals surface area contributed by atoms with Crippen molar-refractivity contribution in [1.29, 1.82) is 0 Å². The molecule has 0 atom stereocenters. The highest BCUT2D eigenvalue weighted by molar-refractivity contribution is 6.33. The Morgan fingerprint density at radius 1 is 1.07 bits per heavy atom. The summed E-state index contributed by atoms with van der Waals surface area (Å²) in [5.41, 5.74) is 3.90. The molecular weight excluding hydrogens is 548 g/mol. The van der Waals surface area contributed by atoms with Crippen LogP contribution in [0.2, 0.25) is 5.02 Å². The van der Waals surface area contributed by atoms with Crippen molar-refractivity contribution in [1.82, 2.24) is 9.97 Å². The van der Waals surface area contributed by atoms with Crippen LogP contribution in [0.4, 0.5) is 11.4 Å². The van der Waals surface area contributed by atoms with Gasteiger partial charge in [-0.15, -0.1) is 0 Å². The summed E-state index contributed by atoms with van der Waals surface area (Å²) >= 11 is 6.49. The van der Waals surface area contributed by atoms with Crippen LogP contribution in [-0.2, 0) is 9.53 Å². The number of benzene rings is 3. The molecule has 11 heteroatoms. The number of nitrogens with one attached hydrogen (secondary N) is 2. The molecule has 1 amide bonds. The number of halogens is 1. The van der Waals surface area contributed by atoms with E-state index in [0.717, 1.165) is 29.9 Å². The molecule has 3 aromatic carbocycles. The monoisotopic (exact) mass is 578 g/mol. The van der Waals surface area contributed by atoms with E-state index < -0.39 is 0 Å². The number of nitrogens with zero attached hydrogens (tertiary/aromatic N) is 2. The summed E-state index contributed by atoms with van der Waals surface area (Å²) in [5, 5.41) is 3.74. The van der Waals surface area contributed by atoms with E-state index in [1.807, 2.05) is 38.1 Å². The average molecular weight is 579 g/mol. The van der Waals surface area contributed by atoms with E-state index in [2.05, 4.69) is 20.2 Å². The summed E-state index contributed by atoms with van der Waals surface area (Å²) in [6.45, 7) is 6.42. The molecule has 1 aliphatic rings. The maximum absolute atomic E-state index is 12.9. The number of hydrogen-bond acceptors (Lipinski definition) is 8. The first kappa shape index (κ1) is 28.3. The van der Waals surface area contributed by atoms with E-state index >= 15 is 0 Å². The summed E-state index contributed by atoms with van der Waals surface area (Å²) in [4.78, 5) is 35.3. The second-order valence-corrected chi connectivity index (χ2v) is 10.1. The molecule has 0 spiro atoms. The molecule has 1 fully saturated rings. The quantitative estimate of drug-likeness (QED) is 0.308. The number of carbonyl (C=O) groups excluding carboxylic acids is 1. The number of amides is 1. The molecule has 0 radical (unpaired) electrons. The van der Waals surface area contributed by atoms with Crippen LogP contribution in [0.5, 0.6) is 17.2 Å². The smallest absolute Gasteiger partial charge is 0.262 e. The van der Waals surface area contributed by atoms with Gasteiger partial charge in [-0.25, -0.2) is 4.98 Å². The lowest BCUT2D eigenvalue weighted by Gasteiger charge is -2.29. The maximum atomic E-state index is 12.9. The Bertz CT molecular complexity index is 1640. The molecule has 41 heavy (non-hydrogen) atoms. The van der Waals surface area contributed by atoms with Crippen LogP contribution in [0.15, 0.2) is 47.3 Å². The molecule has 5 rings (SSSR count). The first-order valence-electron chi connectivity index (χ1n) is 13.1. The van der Waals surface area contributed by atoms with Gasteiger partial charge in [0.2, 0.25) is 0 Å². The highest BCUT2D eigenvalue weighted by Crippen LogP contribution is 2.32. The zero-order chi connectivity index (χ0) is 29.1. The SMILES string of the molecule is COc1cc(OC)c2c(=O)[nH]c(-c3cc(C)c(OCC(=O)Nc4ccc(N5CCOCC5)c(Cl)c4)c(C)c3)nc2c1. The van der Waals surface area contributed by atoms with E-state index in [0.29, 0.717) is 63.5 Å². The first-order valence-corrected chi connectivity index (χ1v) is 13.5. The van der Waals surface area contributed by atoms with Crippen molar-refractivity contribution in [3.05, 3.63) is 69.0 Å². The number of fused-ring (bicyclic) bond motifs is 1. The molecule has 2 N–H and O–H groups in total. The summed E-state index contributed by atoms with van der Waals surface area (Å²) in [7, 11) is 3.03. The lowest BCUT2D eigenvalue weighted by atomic mass is 10.0. The summed E-state index contributed by atoms with van der Waals surface area (Å²) in [6.07, 6.45) is 0. The number of carbonyl (C=O) groups is 1. The fourth-order valence-electron chi connectivity index (χ4n) is 4.92. The second-order valence-electron chi connectivity index (χ2n) is 9.68. The van der Waals surface area contributed by atoms with Crippen LogP contribution in [0.3, 0.4) is 0 Å². The van der Waals surface area contributed by atoms with Crippen LogP contribution >= 0.6 is 11.6 Å². The molecule has 2 heterocycles. The number of ether oxygens (including phenoxy) is 4. The van der Waals surface area contributed by atoms with Gasteiger partial charge in [0.05, 0.1) is 43.7 Å². The van der Waals surface area contributed by atoms with Gasteiger partial charge in [-0.2, -0.15) is 0 Å². The molecule has 1 saturated heterocycles. The minimum Gasteiger partial charge on any atom is -0.497 e. The molecule has 0 aliphatic carbocycles. The third-order valence-electron chi connectivity index (χ3n) is 6.87. The largest absolute Gasteiger partial charge is 0.497 e. The minimum absolute atomic E-state index is 0.186. The van der Waals surface area contributed by atoms with Crippen molar-refractivity contribution in [3.63, 3.8) is 0 Å². The van der Waals surface area contributed by atoms with Crippen molar-refractivity contribution in [2.24, 2.45) is 0 Å². The number of hydrogen-bond donors (Lipinski definition) is 2. The van der Waals surface area contributed by atoms with Crippen molar-refractivity contribution in [2.45, 2.75) is 13.8 Å². The van der Waals surface area contributed by atoms with E-state index in [-0.39, 0.29) is 18.1 Å². The standard InChI is InChI=1S/C30H31ClN4O6/c1-17-11-19(29-33-23-14-21(38-3)15-25(39-4)27(23)30(37)34-29)12-18(2)28(17)41-16-26(36)32-20-5-6-24(22(31)13-20)35-7-9-40-10-8-35/h5-6,11-15H,7-10,16H2,1-4H3,(H,32,36)(H,33,34,37). The summed E-state index contributed by atoms with van der Waals surface area (Å²) in [5.74, 6) is 1.57.